The molecule has 0 saturated carbocycles. The number of hydrogen-bond acceptors (Lipinski definition) is 3. The molecular formula is C14H19FN2O. The first kappa shape index (κ1) is 11.9. The van der Waals surface area contributed by atoms with Gasteiger partial charge in [0.1, 0.15) is 5.82 Å². The molecule has 0 amide bonds. The van der Waals surface area contributed by atoms with Crippen LogP contribution in [0.25, 0.3) is 0 Å². The molecule has 98 valence electrons. The molecule has 3 nitrogen and oxygen atoms in total. The van der Waals surface area contributed by atoms with Gasteiger partial charge in [0.2, 0.25) is 0 Å². The van der Waals surface area contributed by atoms with Gasteiger partial charge < -0.3 is 10.8 Å². The maximum atomic E-state index is 13.3. The highest BCUT2D eigenvalue weighted by molar-refractivity contribution is 5.41. The second kappa shape index (κ2) is 4.52. The number of aliphatic hydroxyl groups is 1. The van der Waals surface area contributed by atoms with Crippen molar-refractivity contribution in [1.29, 1.82) is 0 Å². The van der Waals surface area contributed by atoms with Gasteiger partial charge in [-0.2, -0.15) is 0 Å². The van der Waals surface area contributed by atoms with Gasteiger partial charge in [-0.05, 0) is 49.4 Å². The number of rotatable bonds is 2. The number of nitrogens with two attached hydrogens (primary N) is 1. The van der Waals surface area contributed by atoms with Crippen LogP contribution in [0.5, 0.6) is 0 Å². The zero-order chi connectivity index (χ0) is 12.7. The maximum Gasteiger partial charge on any atom is 0.125 e. The van der Waals surface area contributed by atoms with Crippen LogP contribution >= 0.6 is 0 Å². The Balaban J connectivity index is 1.77. The number of halogens is 1. The quantitative estimate of drug-likeness (QED) is 0.788. The smallest absolute Gasteiger partial charge is 0.125 e. The highest BCUT2D eigenvalue weighted by Crippen LogP contribution is 2.36. The van der Waals surface area contributed by atoms with Gasteiger partial charge in [-0.25, -0.2) is 4.39 Å². The van der Waals surface area contributed by atoms with Gasteiger partial charge in [0, 0.05) is 24.3 Å². The van der Waals surface area contributed by atoms with Crippen LogP contribution in [0.15, 0.2) is 18.2 Å². The van der Waals surface area contributed by atoms with Crippen LogP contribution in [0.4, 0.5) is 10.1 Å². The molecule has 2 heterocycles. The summed E-state index contributed by atoms with van der Waals surface area (Å²) in [6, 6.07) is 5.64. The summed E-state index contributed by atoms with van der Waals surface area (Å²) in [6.45, 7) is 0.740. The molecule has 2 aliphatic heterocycles. The van der Waals surface area contributed by atoms with Crippen molar-refractivity contribution in [2.45, 2.75) is 50.4 Å². The van der Waals surface area contributed by atoms with E-state index in [0.717, 1.165) is 37.8 Å². The summed E-state index contributed by atoms with van der Waals surface area (Å²) in [6.07, 6.45) is 3.83. The largest absolute Gasteiger partial charge is 0.399 e. The van der Waals surface area contributed by atoms with E-state index in [4.69, 9.17) is 5.73 Å². The lowest BCUT2D eigenvalue weighted by molar-refractivity contribution is 0.0310. The molecule has 2 unspecified atom stereocenters. The van der Waals surface area contributed by atoms with Crippen LogP contribution in [0.3, 0.4) is 0 Å². The number of hydrogen-bond donors (Lipinski definition) is 2. The molecule has 2 atom stereocenters. The summed E-state index contributed by atoms with van der Waals surface area (Å²) in [5, 5.41) is 9.76. The molecule has 1 aromatic carbocycles. The Morgan fingerprint density at radius 3 is 2.50 bits per heavy atom. The topological polar surface area (TPSA) is 49.5 Å². The Labute approximate surface area is 106 Å². The minimum absolute atomic E-state index is 0.156. The molecule has 0 radical (unpaired) electrons. The summed E-state index contributed by atoms with van der Waals surface area (Å²) in [4.78, 5) is 2.40. The van der Waals surface area contributed by atoms with Crippen molar-refractivity contribution in [1.82, 2.24) is 4.90 Å². The predicted octanol–water partition coefficient (Wildman–Crippen LogP) is 1.90. The molecule has 1 aromatic rings. The van der Waals surface area contributed by atoms with Crippen LogP contribution < -0.4 is 5.73 Å². The van der Waals surface area contributed by atoms with E-state index in [-0.39, 0.29) is 11.9 Å². The van der Waals surface area contributed by atoms with Crippen molar-refractivity contribution < 1.29 is 9.50 Å². The fourth-order valence-corrected chi connectivity index (χ4v) is 3.48. The fraction of sp³-hybridized carbons (Fsp3) is 0.571. The van der Waals surface area contributed by atoms with E-state index in [1.807, 2.05) is 6.07 Å². The van der Waals surface area contributed by atoms with Crippen molar-refractivity contribution in [2.24, 2.45) is 0 Å². The van der Waals surface area contributed by atoms with Gasteiger partial charge in [-0.15, -0.1) is 0 Å². The van der Waals surface area contributed by atoms with E-state index < -0.39 is 0 Å². The number of piperidine rings is 1. The van der Waals surface area contributed by atoms with E-state index in [9.17, 15) is 9.50 Å². The van der Waals surface area contributed by atoms with Crippen LogP contribution in [0.2, 0.25) is 0 Å². The van der Waals surface area contributed by atoms with Gasteiger partial charge in [0.05, 0.1) is 6.10 Å². The van der Waals surface area contributed by atoms with Crippen molar-refractivity contribution in [3.63, 3.8) is 0 Å². The molecule has 2 saturated heterocycles. The van der Waals surface area contributed by atoms with Crippen LogP contribution in [-0.4, -0.2) is 28.2 Å². The average molecular weight is 250 g/mol. The molecule has 3 rings (SSSR count). The fourth-order valence-electron chi connectivity index (χ4n) is 3.48. The number of benzene rings is 1. The molecule has 3 N–H and O–H groups in total. The van der Waals surface area contributed by atoms with Gasteiger partial charge >= 0.3 is 0 Å². The third kappa shape index (κ3) is 2.22. The minimum Gasteiger partial charge on any atom is -0.399 e. The number of anilines is 1. The lowest BCUT2D eigenvalue weighted by Crippen LogP contribution is -2.44. The zero-order valence-corrected chi connectivity index (χ0v) is 10.3. The van der Waals surface area contributed by atoms with E-state index in [1.54, 1.807) is 6.07 Å². The van der Waals surface area contributed by atoms with E-state index in [1.165, 1.54) is 6.07 Å². The molecule has 2 aliphatic rings. The van der Waals surface area contributed by atoms with E-state index in [0.29, 0.717) is 17.8 Å². The number of nitrogens with zero attached hydrogens (tertiary/aromatic N) is 1. The average Bonchev–Trinajstić information content (AvgIpc) is 2.53. The van der Waals surface area contributed by atoms with Gasteiger partial charge in [0.15, 0.2) is 0 Å². The van der Waals surface area contributed by atoms with Crippen LogP contribution in [-0.2, 0) is 6.54 Å². The SMILES string of the molecule is Nc1cc(F)cc(CN2C3CCC2CC(O)C3)c1. The third-order valence-electron chi connectivity index (χ3n) is 4.20. The van der Waals surface area contributed by atoms with Crippen LogP contribution in [0, 0.1) is 5.82 Å². The summed E-state index contributed by atoms with van der Waals surface area (Å²) in [5.74, 6) is -0.269. The Hall–Kier alpha value is -1.13. The lowest BCUT2D eigenvalue weighted by Gasteiger charge is -2.37. The van der Waals surface area contributed by atoms with Gasteiger partial charge in [-0.3, -0.25) is 4.90 Å². The standard InChI is InChI=1S/C14H19FN2O/c15-10-3-9(4-11(16)5-10)8-17-12-1-2-13(17)7-14(18)6-12/h3-5,12-14,18H,1-2,6-8,16H2. The normalized spacial score (nSPS) is 31.8. The Kier molecular flexibility index (Phi) is 2.99. The highest BCUT2D eigenvalue weighted by Gasteiger charge is 2.39. The minimum atomic E-state index is -0.269. The molecule has 0 aromatic heterocycles. The molecule has 2 bridgehead atoms. The number of nitrogen functional groups attached to an aromatic ring is 1. The Bertz CT molecular complexity index is 417. The van der Waals surface area contributed by atoms with Crippen molar-refractivity contribution in [3.8, 4) is 0 Å². The molecule has 4 heteroatoms. The van der Waals surface area contributed by atoms with E-state index in [2.05, 4.69) is 4.90 Å². The van der Waals surface area contributed by atoms with Crippen LogP contribution in [0.1, 0.15) is 31.2 Å². The third-order valence-corrected chi connectivity index (χ3v) is 4.20. The molecule has 2 fully saturated rings. The van der Waals surface area contributed by atoms with Gasteiger partial charge in [-0.1, -0.05) is 0 Å². The van der Waals surface area contributed by atoms with Crippen molar-refractivity contribution in [3.05, 3.63) is 29.6 Å². The summed E-state index contributed by atoms with van der Waals surface area (Å²) in [5.41, 5.74) is 7.09. The highest BCUT2D eigenvalue weighted by atomic mass is 19.1. The number of aliphatic hydroxyl groups excluding tert-OH is 1. The van der Waals surface area contributed by atoms with Crippen molar-refractivity contribution >= 4 is 5.69 Å². The second-order valence-electron chi connectivity index (χ2n) is 5.58. The van der Waals surface area contributed by atoms with Gasteiger partial charge in [0.25, 0.3) is 0 Å². The maximum absolute atomic E-state index is 13.3. The monoisotopic (exact) mass is 250 g/mol. The summed E-state index contributed by atoms with van der Waals surface area (Å²) in [7, 11) is 0. The Morgan fingerprint density at radius 2 is 1.89 bits per heavy atom. The van der Waals surface area contributed by atoms with Crippen molar-refractivity contribution in [2.75, 3.05) is 5.73 Å². The first-order chi connectivity index (χ1) is 8.61. The predicted molar refractivity (Wildman–Crippen MR) is 68.4 cm³/mol. The first-order valence-corrected chi connectivity index (χ1v) is 6.60. The molecule has 0 aliphatic carbocycles. The Morgan fingerprint density at radius 1 is 1.22 bits per heavy atom. The zero-order valence-electron chi connectivity index (χ0n) is 10.3. The lowest BCUT2D eigenvalue weighted by atomic mass is 9.99. The summed E-state index contributed by atoms with van der Waals surface area (Å²) >= 11 is 0. The molecule has 18 heavy (non-hydrogen) atoms. The molecular weight excluding hydrogens is 231 g/mol. The van der Waals surface area contributed by atoms with E-state index >= 15 is 0 Å². The first-order valence-electron chi connectivity index (χ1n) is 6.60. The molecule has 0 spiro atoms. The second-order valence-corrected chi connectivity index (χ2v) is 5.58. The summed E-state index contributed by atoms with van der Waals surface area (Å²) < 4.78 is 13.3. The number of fused-ring (bicyclic) bond motifs is 2.